The van der Waals surface area contributed by atoms with Crippen molar-refractivity contribution in [1.29, 1.82) is 0 Å². The highest BCUT2D eigenvalue weighted by Gasteiger charge is 2.25. The van der Waals surface area contributed by atoms with Crippen LogP contribution in [0, 0.1) is 5.92 Å². The number of carbonyl (C=O) groups excluding carboxylic acids is 1. The van der Waals surface area contributed by atoms with Gasteiger partial charge < -0.3 is 19.9 Å². The molecule has 2 heterocycles. The van der Waals surface area contributed by atoms with Crippen LogP contribution in [0.5, 0.6) is 5.88 Å². The quantitative estimate of drug-likeness (QED) is 0.469. The number of nitrogens with one attached hydrogen (secondary N) is 1. The maximum Gasteiger partial charge on any atom is 0.407 e. The van der Waals surface area contributed by atoms with Crippen LogP contribution in [0.3, 0.4) is 0 Å². The van der Waals surface area contributed by atoms with Gasteiger partial charge in [-0.25, -0.2) is 14.1 Å². The van der Waals surface area contributed by atoms with Crippen molar-refractivity contribution in [3.05, 3.63) is 30.0 Å². The van der Waals surface area contributed by atoms with Gasteiger partial charge in [0, 0.05) is 36.8 Å². The summed E-state index contributed by atoms with van der Waals surface area (Å²) in [5.41, 5.74) is 0.370. The van der Waals surface area contributed by atoms with Crippen LogP contribution in [0.25, 0.3) is 0 Å². The number of pyridine rings is 1. The molecular weight excluding hydrogens is 406 g/mol. The second kappa shape index (κ2) is 11.2. The number of amides is 1. The van der Waals surface area contributed by atoms with Crippen LogP contribution in [0.2, 0.25) is 0 Å². The summed E-state index contributed by atoms with van der Waals surface area (Å²) >= 11 is 1.58. The Balaban J connectivity index is 1.74. The molecule has 2 rings (SSSR count). The summed E-state index contributed by atoms with van der Waals surface area (Å²) in [5, 5.41) is 11.8. The molecule has 1 saturated heterocycles. The average Bonchev–Trinajstić information content (AvgIpc) is 2.68. The van der Waals surface area contributed by atoms with Crippen LogP contribution in [-0.2, 0) is 9.53 Å². The zero-order valence-electron chi connectivity index (χ0n) is 18.0. The van der Waals surface area contributed by atoms with Crippen molar-refractivity contribution < 1.29 is 24.2 Å². The minimum atomic E-state index is -0.704. The largest absolute Gasteiger partial charge is 0.481 e. The molecular formula is C21H31N3O5S. The van der Waals surface area contributed by atoms with Gasteiger partial charge in [0.1, 0.15) is 12.2 Å². The lowest BCUT2D eigenvalue weighted by Gasteiger charge is -2.28. The van der Waals surface area contributed by atoms with Crippen LogP contribution >= 0.6 is 11.9 Å². The van der Waals surface area contributed by atoms with Gasteiger partial charge in [-0.3, -0.25) is 4.79 Å². The van der Waals surface area contributed by atoms with Crippen molar-refractivity contribution in [3.63, 3.8) is 0 Å². The van der Waals surface area contributed by atoms with Gasteiger partial charge in [0.25, 0.3) is 0 Å². The first-order valence-corrected chi connectivity index (χ1v) is 10.8. The van der Waals surface area contributed by atoms with E-state index in [9.17, 15) is 9.59 Å². The number of ether oxygens (including phenoxy) is 2. The molecule has 0 aromatic carbocycles. The van der Waals surface area contributed by atoms with E-state index in [1.54, 1.807) is 24.2 Å². The third-order valence-corrected chi connectivity index (χ3v) is 5.49. The Bertz CT molecular complexity index is 738. The number of alkyl carbamates (subject to hydrolysis) is 1. The zero-order chi connectivity index (χ0) is 22.1. The van der Waals surface area contributed by atoms with Crippen molar-refractivity contribution in [3.8, 4) is 5.88 Å². The molecule has 1 fully saturated rings. The predicted octanol–water partition coefficient (Wildman–Crippen LogP) is 3.74. The first-order chi connectivity index (χ1) is 14.2. The summed E-state index contributed by atoms with van der Waals surface area (Å²) in [5.74, 6) is -0.438. The topological polar surface area (TPSA) is 101 Å². The summed E-state index contributed by atoms with van der Waals surface area (Å²) in [6.45, 7) is 9.48. The molecule has 0 saturated carbocycles. The van der Waals surface area contributed by atoms with Crippen LogP contribution < -0.4 is 10.1 Å². The molecule has 2 N–H and O–H groups in total. The highest BCUT2D eigenvalue weighted by atomic mass is 32.2. The van der Waals surface area contributed by atoms with Gasteiger partial charge in [-0.15, -0.1) is 0 Å². The summed E-state index contributed by atoms with van der Waals surface area (Å²) < 4.78 is 13.1. The Hall–Kier alpha value is -2.26. The molecule has 166 valence electrons. The smallest absolute Gasteiger partial charge is 0.407 e. The molecule has 1 aromatic heterocycles. The first-order valence-electron chi connectivity index (χ1n) is 10.0. The number of allylic oxidation sites excluding steroid dienone is 1. The Kier molecular flexibility index (Phi) is 8.98. The molecule has 0 atom stereocenters. The number of carboxylic acid groups (broad SMARTS) is 1. The van der Waals surface area contributed by atoms with E-state index in [1.165, 1.54) is 0 Å². The lowest BCUT2D eigenvalue weighted by molar-refractivity contribution is -0.142. The van der Waals surface area contributed by atoms with Crippen LogP contribution in [0.15, 0.2) is 34.9 Å². The lowest BCUT2D eigenvalue weighted by atomic mass is 9.99. The van der Waals surface area contributed by atoms with E-state index in [4.69, 9.17) is 14.6 Å². The number of hydrogen-bond acceptors (Lipinski definition) is 7. The number of hydrogen-bond donors (Lipinski definition) is 2. The molecule has 0 unspecified atom stereocenters. The second-order valence-corrected chi connectivity index (χ2v) is 9.23. The maximum atomic E-state index is 11.8. The van der Waals surface area contributed by atoms with Crippen molar-refractivity contribution in [2.75, 3.05) is 26.2 Å². The standard InChI is InChI=1S/C21H31N3O5S/c1-5-15(12-23-20(27)29-21(2,3)4)14-28-18-7-6-17(13-22-18)30-24-10-8-16(9-11-24)19(25)26/h5-7,13,16H,8-12,14H2,1-4H3,(H,23,27)(H,25,26)/b15-5+. The number of aliphatic carboxylic acids is 1. The average molecular weight is 438 g/mol. The molecule has 0 radical (unpaired) electrons. The number of nitrogens with zero attached hydrogens (tertiary/aromatic N) is 2. The summed E-state index contributed by atoms with van der Waals surface area (Å²) in [4.78, 5) is 28.1. The third kappa shape index (κ3) is 8.62. The Morgan fingerprint density at radius 1 is 1.33 bits per heavy atom. The highest BCUT2D eigenvalue weighted by molar-refractivity contribution is 7.97. The van der Waals surface area contributed by atoms with Crippen LogP contribution in [-0.4, -0.2) is 58.3 Å². The van der Waals surface area contributed by atoms with E-state index in [-0.39, 0.29) is 5.92 Å². The second-order valence-electron chi connectivity index (χ2n) is 8.06. The van der Waals surface area contributed by atoms with Crippen LogP contribution in [0.4, 0.5) is 4.79 Å². The molecule has 1 aromatic rings. The summed E-state index contributed by atoms with van der Waals surface area (Å²) in [6, 6.07) is 3.74. The number of carbonyl (C=O) groups is 2. The molecule has 30 heavy (non-hydrogen) atoms. The van der Waals surface area contributed by atoms with E-state index < -0.39 is 17.7 Å². The zero-order valence-corrected chi connectivity index (χ0v) is 18.8. The van der Waals surface area contributed by atoms with Crippen molar-refractivity contribution in [2.24, 2.45) is 5.92 Å². The summed E-state index contributed by atoms with van der Waals surface area (Å²) in [6.07, 6.45) is 4.51. The molecule has 8 nitrogen and oxygen atoms in total. The minimum absolute atomic E-state index is 0.235. The van der Waals surface area contributed by atoms with E-state index in [0.29, 0.717) is 31.9 Å². The van der Waals surface area contributed by atoms with Gasteiger partial charge in [0.2, 0.25) is 5.88 Å². The fourth-order valence-corrected chi connectivity index (χ4v) is 3.67. The third-order valence-electron chi connectivity index (χ3n) is 4.42. The maximum absolute atomic E-state index is 11.8. The number of aromatic nitrogens is 1. The number of carboxylic acids is 1. The van der Waals surface area contributed by atoms with Crippen molar-refractivity contribution >= 4 is 24.0 Å². The number of rotatable bonds is 8. The van der Waals surface area contributed by atoms with E-state index in [2.05, 4.69) is 14.6 Å². The van der Waals surface area contributed by atoms with E-state index in [1.807, 2.05) is 39.8 Å². The number of piperidine rings is 1. The van der Waals surface area contributed by atoms with Gasteiger partial charge >= 0.3 is 12.1 Å². The molecule has 0 bridgehead atoms. The molecule has 1 aliphatic heterocycles. The predicted molar refractivity (Wildman–Crippen MR) is 116 cm³/mol. The Labute approximate surface area is 182 Å². The normalized spacial score (nSPS) is 16.2. The molecule has 1 amide bonds. The first kappa shape index (κ1) is 24.0. The van der Waals surface area contributed by atoms with Crippen LogP contribution in [0.1, 0.15) is 40.5 Å². The SMILES string of the molecule is C/C=C(\CNC(=O)OC(C)(C)C)COc1ccc(SN2CCC(C(=O)O)CC2)cn1. The van der Waals surface area contributed by atoms with Gasteiger partial charge in [-0.05, 0) is 64.1 Å². The van der Waals surface area contributed by atoms with Gasteiger partial charge in [0.15, 0.2) is 0 Å². The van der Waals surface area contributed by atoms with E-state index in [0.717, 1.165) is 23.6 Å². The van der Waals surface area contributed by atoms with Crippen molar-refractivity contribution in [2.45, 2.75) is 51.0 Å². The fourth-order valence-electron chi connectivity index (χ4n) is 2.75. The van der Waals surface area contributed by atoms with Gasteiger partial charge in [-0.2, -0.15) is 0 Å². The Morgan fingerprint density at radius 3 is 2.57 bits per heavy atom. The molecule has 0 spiro atoms. The van der Waals surface area contributed by atoms with E-state index >= 15 is 0 Å². The summed E-state index contributed by atoms with van der Waals surface area (Å²) in [7, 11) is 0. The van der Waals surface area contributed by atoms with Gasteiger partial charge in [0.05, 0.1) is 5.92 Å². The minimum Gasteiger partial charge on any atom is -0.481 e. The molecule has 1 aliphatic rings. The Morgan fingerprint density at radius 2 is 2.03 bits per heavy atom. The van der Waals surface area contributed by atoms with Crippen molar-refractivity contribution in [1.82, 2.24) is 14.6 Å². The fraction of sp³-hybridized carbons (Fsp3) is 0.571. The monoisotopic (exact) mass is 437 g/mol. The van der Waals surface area contributed by atoms with Gasteiger partial charge in [-0.1, -0.05) is 6.08 Å². The molecule has 0 aliphatic carbocycles. The highest BCUT2D eigenvalue weighted by Crippen LogP contribution is 2.28. The lowest BCUT2D eigenvalue weighted by Crippen LogP contribution is -2.34. The molecule has 9 heteroatoms.